The van der Waals surface area contributed by atoms with Gasteiger partial charge >= 0.3 is 0 Å². The van der Waals surface area contributed by atoms with Crippen LogP contribution in [0.25, 0.3) is 0 Å². The van der Waals surface area contributed by atoms with Crippen LogP contribution in [0, 0.1) is 5.82 Å². The molecule has 18 heavy (non-hydrogen) atoms. The Labute approximate surface area is 111 Å². The van der Waals surface area contributed by atoms with E-state index in [0.29, 0.717) is 6.61 Å². The number of halogens is 2. The molecule has 3 atom stereocenters. The fraction of sp³-hybridized carbons (Fsp3) is 0.538. The lowest BCUT2D eigenvalue weighted by atomic mass is 9.85. The Balaban J connectivity index is 1.96. The zero-order chi connectivity index (χ0) is 13.1. The van der Waals surface area contributed by atoms with Crippen molar-refractivity contribution in [2.75, 3.05) is 19.0 Å². The van der Waals surface area contributed by atoms with Crippen LogP contribution in [0.5, 0.6) is 0 Å². The Morgan fingerprint density at radius 3 is 2.89 bits per heavy atom. The van der Waals surface area contributed by atoms with Crippen molar-refractivity contribution >= 4 is 17.3 Å². The highest BCUT2D eigenvalue weighted by Crippen LogP contribution is 2.30. The summed E-state index contributed by atoms with van der Waals surface area (Å²) in [5.74, 6) is -0.411. The summed E-state index contributed by atoms with van der Waals surface area (Å²) in [5, 5.41) is 3.40. The van der Waals surface area contributed by atoms with Gasteiger partial charge in [0.2, 0.25) is 0 Å². The molecule has 1 aliphatic rings. The number of hydrogen-bond donors (Lipinski definition) is 1. The molecule has 0 radical (unpaired) electrons. The van der Waals surface area contributed by atoms with Crippen LogP contribution in [0.1, 0.15) is 13.3 Å². The van der Waals surface area contributed by atoms with Gasteiger partial charge in [0.1, 0.15) is 11.9 Å². The van der Waals surface area contributed by atoms with Gasteiger partial charge in [0.25, 0.3) is 0 Å². The lowest BCUT2D eigenvalue weighted by molar-refractivity contribution is -0.118. The first-order valence-electron chi connectivity index (χ1n) is 6.01. The molecule has 0 saturated heterocycles. The second-order valence-corrected chi connectivity index (χ2v) is 4.72. The van der Waals surface area contributed by atoms with Gasteiger partial charge in [-0.1, -0.05) is 11.6 Å². The molecule has 1 fully saturated rings. The normalized spacial score (nSPS) is 26.8. The maximum absolute atomic E-state index is 13.0. The van der Waals surface area contributed by atoms with Gasteiger partial charge in [-0.25, -0.2) is 4.39 Å². The fourth-order valence-corrected chi connectivity index (χ4v) is 2.40. The SMILES string of the molecule is CCOC1CC(Nc2ccc(F)c(Cl)c2)C1OC. The molecule has 0 spiro atoms. The largest absolute Gasteiger partial charge is 0.379 e. The summed E-state index contributed by atoms with van der Waals surface area (Å²) in [6.45, 7) is 2.65. The summed E-state index contributed by atoms with van der Waals surface area (Å²) in [5.41, 5.74) is 0.795. The summed E-state index contributed by atoms with van der Waals surface area (Å²) in [4.78, 5) is 0. The quantitative estimate of drug-likeness (QED) is 0.894. The van der Waals surface area contributed by atoms with Crippen molar-refractivity contribution in [3.8, 4) is 0 Å². The third-order valence-corrected chi connectivity index (χ3v) is 3.46. The van der Waals surface area contributed by atoms with Gasteiger partial charge in [0.15, 0.2) is 0 Å². The van der Waals surface area contributed by atoms with Crippen molar-refractivity contribution in [1.29, 1.82) is 0 Å². The van der Waals surface area contributed by atoms with E-state index in [1.54, 1.807) is 19.2 Å². The molecule has 1 saturated carbocycles. The van der Waals surface area contributed by atoms with E-state index >= 15 is 0 Å². The molecule has 100 valence electrons. The van der Waals surface area contributed by atoms with Crippen LogP contribution in [-0.4, -0.2) is 32.0 Å². The average Bonchev–Trinajstić information content (AvgIpc) is 2.32. The van der Waals surface area contributed by atoms with Gasteiger partial charge in [-0.15, -0.1) is 0 Å². The minimum atomic E-state index is -0.411. The van der Waals surface area contributed by atoms with Crippen LogP contribution < -0.4 is 5.32 Å². The van der Waals surface area contributed by atoms with E-state index < -0.39 is 5.82 Å². The maximum Gasteiger partial charge on any atom is 0.141 e. The molecule has 1 aromatic rings. The molecule has 5 heteroatoms. The van der Waals surface area contributed by atoms with Crippen LogP contribution in [0.3, 0.4) is 0 Å². The van der Waals surface area contributed by atoms with Gasteiger partial charge in [-0.2, -0.15) is 0 Å². The minimum Gasteiger partial charge on any atom is -0.379 e. The summed E-state index contributed by atoms with van der Waals surface area (Å²) < 4.78 is 24.0. The van der Waals surface area contributed by atoms with E-state index in [0.717, 1.165) is 12.1 Å². The summed E-state index contributed by atoms with van der Waals surface area (Å²) in [7, 11) is 1.67. The van der Waals surface area contributed by atoms with Crippen LogP contribution >= 0.6 is 11.6 Å². The molecule has 2 rings (SSSR count). The molecule has 3 nitrogen and oxygen atoms in total. The zero-order valence-electron chi connectivity index (χ0n) is 10.5. The van der Waals surface area contributed by atoms with E-state index in [2.05, 4.69) is 5.32 Å². The second-order valence-electron chi connectivity index (χ2n) is 4.31. The monoisotopic (exact) mass is 273 g/mol. The summed E-state index contributed by atoms with van der Waals surface area (Å²) in [6.07, 6.45) is 1.03. The van der Waals surface area contributed by atoms with Crippen molar-refractivity contribution < 1.29 is 13.9 Å². The number of ether oxygens (including phenoxy) is 2. The van der Waals surface area contributed by atoms with Gasteiger partial charge in [-0.3, -0.25) is 0 Å². The van der Waals surface area contributed by atoms with Crippen LogP contribution in [-0.2, 0) is 9.47 Å². The first-order chi connectivity index (χ1) is 8.65. The topological polar surface area (TPSA) is 30.5 Å². The highest BCUT2D eigenvalue weighted by molar-refractivity contribution is 6.31. The van der Waals surface area contributed by atoms with Crippen molar-refractivity contribution in [1.82, 2.24) is 0 Å². The Morgan fingerprint density at radius 2 is 2.28 bits per heavy atom. The molecule has 0 heterocycles. The molecule has 0 aromatic heterocycles. The van der Waals surface area contributed by atoms with Gasteiger partial charge in [-0.05, 0) is 31.5 Å². The number of hydrogen-bond acceptors (Lipinski definition) is 3. The third kappa shape index (κ3) is 2.76. The molecule has 1 N–H and O–H groups in total. The predicted octanol–water partition coefficient (Wildman–Crippen LogP) is 3.08. The molecular formula is C13H17ClFNO2. The Kier molecular flexibility index (Phi) is 4.43. The Hall–Kier alpha value is -0.840. The maximum atomic E-state index is 13.0. The van der Waals surface area contributed by atoms with E-state index in [1.165, 1.54) is 6.07 Å². The number of rotatable bonds is 5. The van der Waals surface area contributed by atoms with Gasteiger partial charge < -0.3 is 14.8 Å². The lowest BCUT2D eigenvalue weighted by Gasteiger charge is -2.43. The van der Waals surface area contributed by atoms with E-state index in [4.69, 9.17) is 21.1 Å². The lowest BCUT2D eigenvalue weighted by Crippen LogP contribution is -2.56. The van der Waals surface area contributed by atoms with Crippen LogP contribution in [0.2, 0.25) is 5.02 Å². The molecule has 0 amide bonds. The van der Waals surface area contributed by atoms with Gasteiger partial charge in [0.05, 0.1) is 17.2 Å². The zero-order valence-corrected chi connectivity index (χ0v) is 11.2. The highest BCUT2D eigenvalue weighted by Gasteiger charge is 2.42. The van der Waals surface area contributed by atoms with Gasteiger partial charge in [0, 0.05) is 19.4 Å². The predicted molar refractivity (Wildman–Crippen MR) is 69.6 cm³/mol. The average molecular weight is 274 g/mol. The Bertz CT molecular complexity index is 416. The summed E-state index contributed by atoms with van der Waals surface area (Å²) in [6, 6.07) is 4.78. The van der Waals surface area contributed by atoms with Crippen LogP contribution in [0.15, 0.2) is 18.2 Å². The molecule has 1 aromatic carbocycles. The first kappa shape index (κ1) is 13.6. The molecule has 0 bridgehead atoms. The van der Waals surface area contributed by atoms with Crippen LogP contribution in [0.4, 0.5) is 10.1 Å². The van der Waals surface area contributed by atoms with Crippen molar-refractivity contribution in [2.45, 2.75) is 31.6 Å². The van der Waals surface area contributed by atoms with E-state index in [-0.39, 0.29) is 23.3 Å². The molecule has 1 aliphatic carbocycles. The third-order valence-electron chi connectivity index (χ3n) is 3.17. The minimum absolute atomic E-state index is 0.0220. The number of nitrogens with one attached hydrogen (secondary N) is 1. The fourth-order valence-electron chi connectivity index (χ4n) is 2.22. The standard InChI is InChI=1S/C13H17ClFNO2/c1-3-18-12-7-11(13(12)17-2)16-8-4-5-10(15)9(14)6-8/h4-6,11-13,16H,3,7H2,1-2H3. The Morgan fingerprint density at radius 1 is 1.50 bits per heavy atom. The van der Waals surface area contributed by atoms with E-state index in [9.17, 15) is 4.39 Å². The molecule has 3 unspecified atom stereocenters. The molecule has 0 aliphatic heterocycles. The van der Waals surface area contributed by atoms with Crippen molar-refractivity contribution in [3.05, 3.63) is 29.0 Å². The smallest absolute Gasteiger partial charge is 0.141 e. The van der Waals surface area contributed by atoms with Crippen molar-refractivity contribution in [2.24, 2.45) is 0 Å². The van der Waals surface area contributed by atoms with E-state index in [1.807, 2.05) is 6.92 Å². The highest BCUT2D eigenvalue weighted by atomic mass is 35.5. The summed E-state index contributed by atoms with van der Waals surface area (Å²) >= 11 is 5.74. The van der Waals surface area contributed by atoms with Crippen molar-refractivity contribution in [3.63, 3.8) is 0 Å². The second kappa shape index (κ2) is 5.87. The number of anilines is 1. The molecular weight excluding hydrogens is 257 g/mol. The number of benzene rings is 1. The number of methoxy groups -OCH3 is 1. The first-order valence-corrected chi connectivity index (χ1v) is 6.39.